The zero-order valence-corrected chi connectivity index (χ0v) is 25.8. The highest BCUT2D eigenvalue weighted by Crippen LogP contribution is 2.31. The van der Waals surface area contributed by atoms with E-state index in [4.69, 9.17) is 16.3 Å². The Morgan fingerprint density at radius 3 is 2.52 bits per heavy atom. The molecule has 0 aromatic heterocycles. The summed E-state index contributed by atoms with van der Waals surface area (Å²) in [5.41, 5.74) is 0.836. The fourth-order valence-electron chi connectivity index (χ4n) is 5.88. The van der Waals surface area contributed by atoms with Gasteiger partial charge in [-0.25, -0.2) is 0 Å². The Kier molecular flexibility index (Phi) is 11.3. The van der Waals surface area contributed by atoms with Crippen molar-refractivity contribution in [2.75, 3.05) is 13.1 Å². The molecule has 1 heterocycles. The highest BCUT2D eigenvalue weighted by Gasteiger charge is 2.45. The van der Waals surface area contributed by atoms with Crippen LogP contribution in [0.25, 0.3) is 0 Å². The molecular weight excluding hydrogens is 552 g/mol. The highest BCUT2D eigenvalue weighted by molar-refractivity contribution is 6.30. The Bertz CT molecular complexity index is 1230. The second kappa shape index (κ2) is 14.9. The molecule has 4 N–H and O–H groups in total. The molecule has 1 aliphatic heterocycles. The monoisotopic (exact) mass is 596 g/mol. The molecule has 3 amide bonds. The lowest BCUT2D eigenvalue weighted by atomic mass is 9.92. The normalized spacial score (nSPS) is 24.8. The van der Waals surface area contributed by atoms with Gasteiger partial charge < -0.3 is 26.0 Å². The molecule has 1 spiro atoms. The number of aryl methyl sites for hydroxylation is 1. The molecule has 4 atom stereocenters. The van der Waals surface area contributed by atoms with Crippen molar-refractivity contribution in [1.29, 1.82) is 0 Å². The van der Waals surface area contributed by atoms with Crippen LogP contribution in [0.15, 0.2) is 48.5 Å². The lowest BCUT2D eigenvalue weighted by Gasteiger charge is -2.34. The van der Waals surface area contributed by atoms with Gasteiger partial charge in [-0.15, -0.1) is 0 Å². The number of nitrogens with one attached hydrogen (secondary N) is 4. The average molecular weight is 597 g/mol. The van der Waals surface area contributed by atoms with Gasteiger partial charge in [0, 0.05) is 24.5 Å². The Morgan fingerprint density at radius 2 is 1.79 bits per heavy atom. The molecule has 0 bridgehead atoms. The van der Waals surface area contributed by atoms with E-state index in [1.165, 1.54) is 0 Å². The van der Waals surface area contributed by atoms with Crippen molar-refractivity contribution in [1.82, 2.24) is 21.3 Å². The highest BCUT2D eigenvalue weighted by atomic mass is 35.5. The van der Waals surface area contributed by atoms with Gasteiger partial charge in [-0.05, 0) is 67.9 Å². The first-order valence-corrected chi connectivity index (χ1v) is 15.7. The van der Waals surface area contributed by atoms with E-state index in [0.717, 1.165) is 42.6 Å². The maximum atomic E-state index is 14.0. The lowest BCUT2D eigenvalue weighted by Crippen LogP contribution is -2.64. The largest absolute Gasteiger partial charge is 0.489 e. The summed E-state index contributed by atoms with van der Waals surface area (Å²) in [7, 11) is 0. The van der Waals surface area contributed by atoms with Crippen LogP contribution in [0.2, 0.25) is 5.02 Å². The zero-order valence-electron chi connectivity index (χ0n) is 25.0. The van der Waals surface area contributed by atoms with Gasteiger partial charge in [0.15, 0.2) is 0 Å². The van der Waals surface area contributed by atoms with E-state index in [1.54, 1.807) is 12.1 Å². The van der Waals surface area contributed by atoms with Gasteiger partial charge in [-0.1, -0.05) is 75.0 Å². The molecule has 42 heavy (non-hydrogen) atoms. The third-order valence-corrected chi connectivity index (χ3v) is 8.78. The number of rotatable bonds is 4. The molecular formula is C33H45ClN4O4. The van der Waals surface area contributed by atoms with Crippen molar-refractivity contribution in [3.63, 3.8) is 0 Å². The van der Waals surface area contributed by atoms with Crippen molar-refractivity contribution < 1.29 is 19.1 Å². The van der Waals surface area contributed by atoms with Crippen molar-refractivity contribution in [3.05, 3.63) is 64.7 Å². The predicted molar refractivity (Wildman–Crippen MR) is 166 cm³/mol. The van der Waals surface area contributed by atoms with Gasteiger partial charge in [-0.2, -0.15) is 0 Å². The van der Waals surface area contributed by atoms with E-state index in [-0.39, 0.29) is 36.2 Å². The minimum Gasteiger partial charge on any atom is -0.489 e. The number of halogens is 1. The molecule has 4 rings (SSSR count). The van der Waals surface area contributed by atoms with Crippen LogP contribution in [0.1, 0.15) is 70.4 Å². The van der Waals surface area contributed by atoms with E-state index in [0.29, 0.717) is 37.4 Å². The standard InChI is InChI=1S/C33H45ClN4O4/c1-4-22(2)29-31(40)38-33(16-7-8-17-33)32(41)37-27(20-24-11-9-14-26(34)19-24)30(39)35-18-10-13-25-12-5-6-15-28(25)42-23(3)21-36-29/h5-6,9,11-12,14-15,19,22-23,27,29,36H,4,7-8,10,13,16-18,20-21H2,1-3H3,(H,35,39)(H,37,41)(H,38,40). The van der Waals surface area contributed by atoms with E-state index < -0.39 is 17.6 Å². The number of fused-ring (bicyclic) bond motifs is 1. The van der Waals surface area contributed by atoms with Crippen molar-refractivity contribution in [3.8, 4) is 5.75 Å². The fraction of sp³-hybridized carbons (Fsp3) is 0.545. The van der Waals surface area contributed by atoms with Crippen LogP contribution in [-0.4, -0.2) is 54.5 Å². The molecule has 8 nitrogen and oxygen atoms in total. The van der Waals surface area contributed by atoms with Gasteiger partial charge >= 0.3 is 0 Å². The summed E-state index contributed by atoms with van der Waals surface area (Å²) in [6, 6.07) is 13.9. The van der Waals surface area contributed by atoms with Crippen LogP contribution in [0.4, 0.5) is 0 Å². The summed E-state index contributed by atoms with van der Waals surface area (Å²) in [4.78, 5) is 41.3. The lowest BCUT2D eigenvalue weighted by molar-refractivity contribution is -0.137. The second-order valence-corrected chi connectivity index (χ2v) is 12.3. The van der Waals surface area contributed by atoms with E-state index in [9.17, 15) is 14.4 Å². The summed E-state index contributed by atoms with van der Waals surface area (Å²) in [6.45, 7) is 7.01. The smallest absolute Gasteiger partial charge is 0.246 e. The maximum absolute atomic E-state index is 14.0. The molecule has 4 unspecified atom stereocenters. The quantitative estimate of drug-likeness (QED) is 0.420. The number of para-hydroxylation sites is 1. The Labute approximate surface area is 254 Å². The van der Waals surface area contributed by atoms with Crippen molar-refractivity contribution in [2.45, 2.75) is 95.9 Å². The van der Waals surface area contributed by atoms with Crippen LogP contribution in [-0.2, 0) is 27.2 Å². The number of hydrogen-bond donors (Lipinski definition) is 4. The van der Waals surface area contributed by atoms with Gasteiger partial charge in [0.05, 0.1) is 6.04 Å². The molecule has 1 fully saturated rings. The minimum atomic E-state index is -1.07. The fourth-order valence-corrected chi connectivity index (χ4v) is 6.10. The number of ether oxygens (including phenoxy) is 1. The van der Waals surface area contributed by atoms with Gasteiger partial charge in [-0.3, -0.25) is 14.4 Å². The summed E-state index contributed by atoms with van der Waals surface area (Å²) in [5, 5.41) is 13.2. The van der Waals surface area contributed by atoms with Crippen LogP contribution >= 0.6 is 11.6 Å². The number of hydrogen-bond acceptors (Lipinski definition) is 5. The predicted octanol–water partition coefficient (Wildman–Crippen LogP) is 4.33. The van der Waals surface area contributed by atoms with Crippen LogP contribution in [0.5, 0.6) is 5.75 Å². The molecule has 2 aromatic carbocycles. The Hall–Kier alpha value is -3.10. The van der Waals surface area contributed by atoms with Crippen molar-refractivity contribution >= 4 is 29.3 Å². The number of carbonyl (C=O) groups is 3. The number of amides is 3. The molecule has 2 aliphatic rings. The molecule has 228 valence electrons. The van der Waals surface area contributed by atoms with E-state index in [1.807, 2.05) is 50.2 Å². The van der Waals surface area contributed by atoms with Gasteiger partial charge in [0.2, 0.25) is 17.7 Å². The van der Waals surface area contributed by atoms with Crippen molar-refractivity contribution in [2.24, 2.45) is 5.92 Å². The minimum absolute atomic E-state index is 0.0398. The van der Waals surface area contributed by atoms with Crippen LogP contribution in [0, 0.1) is 5.92 Å². The molecule has 2 aromatic rings. The summed E-state index contributed by atoms with van der Waals surface area (Å²) >= 11 is 6.22. The summed E-state index contributed by atoms with van der Waals surface area (Å²) in [5.74, 6) is 0.0649. The molecule has 0 saturated heterocycles. The first-order valence-electron chi connectivity index (χ1n) is 15.3. The topological polar surface area (TPSA) is 109 Å². The SMILES string of the molecule is CCC(C)C1NCC(C)Oc2ccccc2CCCNC(=O)C(Cc2cccc(Cl)c2)NC(=O)C2(CCCC2)NC1=O. The van der Waals surface area contributed by atoms with Crippen LogP contribution in [0.3, 0.4) is 0 Å². The number of benzene rings is 2. The Morgan fingerprint density at radius 1 is 1.02 bits per heavy atom. The number of carbonyl (C=O) groups excluding carboxylic acids is 3. The summed E-state index contributed by atoms with van der Waals surface area (Å²) in [6.07, 6.45) is 5.04. The van der Waals surface area contributed by atoms with Gasteiger partial charge in [0.1, 0.15) is 23.4 Å². The third-order valence-electron chi connectivity index (χ3n) is 8.55. The van der Waals surface area contributed by atoms with Gasteiger partial charge in [0.25, 0.3) is 0 Å². The van der Waals surface area contributed by atoms with Crippen LogP contribution < -0.4 is 26.0 Å². The third kappa shape index (κ3) is 8.26. The summed E-state index contributed by atoms with van der Waals surface area (Å²) < 4.78 is 6.31. The van der Waals surface area contributed by atoms with E-state index in [2.05, 4.69) is 28.2 Å². The molecule has 1 aliphatic carbocycles. The molecule has 9 heteroatoms. The first-order chi connectivity index (χ1) is 20.2. The Balaban J connectivity index is 1.64. The first kappa shape index (κ1) is 31.8. The molecule has 1 saturated carbocycles. The maximum Gasteiger partial charge on any atom is 0.246 e. The zero-order chi connectivity index (χ0) is 30.1. The second-order valence-electron chi connectivity index (χ2n) is 11.8. The molecule has 0 radical (unpaired) electrons. The average Bonchev–Trinajstić information content (AvgIpc) is 3.44. The van der Waals surface area contributed by atoms with E-state index >= 15 is 0 Å².